The fraction of sp³-hybridized carbons (Fsp3) is 0.409. The average molecular weight is 414 g/mol. The second-order valence-corrected chi connectivity index (χ2v) is 9.32. The molecule has 2 heterocycles. The number of piperidine rings is 1. The zero-order valence-electron chi connectivity index (χ0n) is 16.6. The van der Waals surface area contributed by atoms with Gasteiger partial charge in [-0.25, -0.2) is 4.79 Å². The summed E-state index contributed by atoms with van der Waals surface area (Å²) in [5.41, 5.74) is 2.89. The van der Waals surface area contributed by atoms with Gasteiger partial charge in [-0.3, -0.25) is 8.78 Å². The van der Waals surface area contributed by atoms with E-state index < -0.39 is 16.9 Å². The maximum atomic E-state index is 12.5. The minimum atomic E-state index is -1.20. The van der Waals surface area contributed by atoms with Crippen LogP contribution in [0.1, 0.15) is 24.4 Å². The summed E-state index contributed by atoms with van der Waals surface area (Å²) in [6.07, 6.45) is 1.08. The Labute approximate surface area is 172 Å². The van der Waals surface area contributed by atoms with Crippen LogP contribution in [-0.2, 0) is 10.8 Å². The van der Waals surface area contributed by atoms with Gasteiger partial charge in [-0.15, -0.1) is 0 Å². The molecular weight excluding hydrogens is 386 g/mol. The molecule has 1 aromatic heterocycles. The van der Waals surface area contributed by atoms with Gasteiger partial charge in [0.2, 0.25) is 0 Å². The Hall–Kier alpha value is -2.22. The summed E-state index contributed by atoms with van der Waals surface area (Å²) in [5, 5.41) is 10.4. The molecule has 0 bridgehead atoms. The van der Waals surface area contributed by atoms with E-state index in [1.165, 1.54) is 0 Å². The number of imidazole rings is 1. The summed E-state index contributed by atoms with van der Waals surface area (Å²) in [4.78, 5) is 18.3. The number of aromatic amines is 1. The van der Waals surface area contributed by atoms with Gasteiger partial charge in [0.05, 0.1) is 33.7 Å². The molecule has 0 radical (unpaired) electrons. The van der Waals surface area contributed by atoms with Crippen molar-refractivity contribution >= 4 is 21.8 Å². The van der Waals surface area contributed by atoms with E-state index in [0.717, 1.165) is 47.4 Å². The number of para-hydroxylation sites is 2. The van der Waals surface area contributed by atoms with Crippen LogP contribution in [0.3, 0.4) is 0 Å². The van der Waals surface area contributed by atoms with E-state index in [0.29, 0.717) is 6.54 Å². The van der Waals surface area contributed by atoms with E-state index in [1.54, 1.807) is 0 Å². The molecule has 6 nitrogen and oxygen atoms in total. The molecule has 2 atom stereocenters. The van der Waals surface area contributed by atoms with Crippen molar-refractivity contribution in [3.8, 4) is 0 Å². The Kier molecular flexibility index (Phi) is 5.99. The van der Waals surface area contributed by atoms with Crippen LogP contribution >= 0.6 is 0 Å². The van der Waals surface area contributed by atoms with Gasteiger partial charge in [-0.05, 0) is 44.0 Å². The minimum Gasteiger partial charge on any atom is -0.391 e. The summed E-state index contributed by atoms with van der Waals surface area (Å²) in [6.45, 7) is 4.12. The van der Waals surface area contributed by atoms with Crippen LogP contribution in [0, 0.1) is 6.92 Å². The van der Waals surface area contributed by atoms with Crippen molar-refractivity contribution in [3.05, 3.63) is 64.6 Å². The Morgan fingerprint density at radius 1 is 1.14 bits per heavy atom. The number of nitrogens with zero attached hydrogens (tertiary/aromatic N) is 2. The fourth-order valence-electron chi connectivity index (χ4n) is 4.11. The summed E-state index contributed by atoms with van der Waals surface area (Å²) >= 11 is 0. The number of aromatic nitrogens is 2. The molecule has 2 unspecified atom stereocenters. The second-order valence-electron chi connectivity index (χ2n) is 7.83. The van der Waals surface area contributed by atoms with E-state index in [4.69, 9.17) is 0 Å². The number of H-pyrrole nitrogens is 1. The largest absolute Gasteiger partial charge is 0.391 e. The molecule has 7 heteroatoms. The average Bonchev–Trinajstić information content (AvgIpc) is 3.04. The first kappa shape index (κ1) is 20.1. The van der Waals surface area contributed by atoms with Gasteiger partial charge < -0.3 is 15.0 Å². The van der Waals surface area contributed by atoms with Gasteiger partial charge >= 0.3 is 5.69 Å². The molecule has 29 heavy (non-hydrogen) atoms. The lowest BCUT2D eigenvalue weighted by molar-refractivity contribution is 0.104. The first-order valence-corrected chi connectivity index (χ1v) is 11.4. The molecule has 154 valence electrons. The quantitative estimate of drug-likeness (QED) is 0.651. The van der Waals surface area contributed by atoms with Gasteiger partial charge in [-0.1, -0.05) is 29.8 Å². The molecule has 1 saturated heterocycles. The maximum absolute atomic E-state index is 12.5. The van der Waals surface area contributed by atoms with Crippen LogP contribution in [-0.4, -0.2) is 55.3 Å². The van der Waals surface area contributed by atoms with Crippen molar-refractivity contribution in [1.82, 2.24) is 14.5 Å². The SMILES string of the molecule is Cc1ccc(S(=O)CC(O)CN2CCC(n3c(=O)[nH]c4ccccc43)CC2)cc1. The summed E-state index contributed by atoms with van der Waals surface area (Å²) < 4.78 is 14.3. The first-order valence-electron chi connectivity index (χ1n) is 10.1. The van der Waals surface area contributed by atoms with Gasteiger partial charge in [0.15, 0.2) is 0 Å². The summed E-state index contributed by atoms with van der Waals surface area (Å²) in [6, 6.07) is 15.5. The number of rotatable bonds is 6. The van der Waals surface area contributed by atoms with E-state index in [1.807, 2.05) is 60.0 Å². The molecule has 4 rings (SSSR count). The highest BCUT2D eigenvalue weighted by molar-refractivity contribution is 7.85. The first-order chi connectivity index (χ1) is 14.0. The number of likely N-dealkylation sites (tertiary alicyclic amines) is 1. The lowest BCUT2D eigenvalue weighted by Gasteiger charge is -2.33. The van der Waals surface area contributed by atoms with Gasteiger partial charge in [0.1, 0.15) is 0 Å². The van der Waals surface area contributed by atoms with Crippen LogP contribution in [0.2, 0.25) is 0 Å². The maximum Gasteiger partial charge on any atom is 0.326 e. The number of aliphatic hydroxyl groups is 1. The predicted molar refractivity (Wildman–Crippen MR) is 116 cm³/mol. The molecule has 2 aromatic carbocycles. The van der Waals surface area contributed by atoms with Crippen LogP contribution in [0.25, 0.3) is 11.0 Å². The molecule has 1 aliphatic heterocycles. The van der Waals surface area contributed by atoms with Crippen LogP contribution in [0.4, 0.5) is 0 Å². The minimum absolute atomic E-state index is 0.0572. The van der Waals surface area contributed by atoms with Crippen molar-refractivity contribution < 1.29 is 9.32 Å². The molecular formula is C22H27N3O3S. The van der Waals surface area contributed by atoms with Crippen LogP contribution < -0.4 is 5.69 Å². The third-order valence-corrected chi connectivity index (χ3v) is 7.13. The highest BCUT2D eigenvalue weighted by atomic mass is 32.2. The van der Waals surface area contributed by atoms with Gasteiger partial charge in [0.25, 0.3) is 0 Å². The Morgan fingerprint density at radius 3 is 2.55 bits per heavy atom. The van der Waals surface area contributed by atoms with Crippen molar-refractivity contribution in [1.29, 1.82) is 0 Å². The zero-order valence-corrected chi connectivity index (χ0v) is 17.4. The van der Waals surface area contributed by atoms with Gasteiger partial charge in [0, 0.05) is 30.6 Å². The molecule has 0 saturated carbocycles. The Morgan fingerprint density at radius 2 is 1.83 bits per heavy atom. The molecule has 0 amide bonds. The number of hydrogen-bond acceptors (Lipinski definition) is 4. The fourth-order valence-corrected chi connectivity index (χ4v) is 5.20. The van der Waals surface area contributed by atoms with E-state index in [2.05, 4.69) is 9.88 Å². The normalized spacial score (nSPS) is 18.1. The van der Waals surface area contributed by atoms with Crippen molar-refractivity contribution in [2.45, 2.75) is 36.8 Å². The smallest absolute Gasteiger partial charge is 0.326 e. The molecule has 0 spiro atoms. The highest BCUT2D eigenvalue weighted by Crippen LogP contribution is 2.25. The number of aliphatic hydroxyl groups excluding tert-OH is 1. The van der Waals surface area contributed by atoms with E-state index in [9.17, 15) is 14.1 Å². The topological polar surface area (TPSA) is 78.3 Å². The third kappa shape index (κ3) is 4.52. The van der Waals surface area contributed by atoms with Gasteiger partial charge in [-0.2, -0.15) is 0 Å². The lowest BCUT2D eigenvalue weighted by Crippen LogP contribution is -2.41. The van der Waals surface area contributed by atoms with Crippen LogP contribution in [0.15, 0.2) is 58.2 Å². The number of hydrogen-bond donors (Lipinski definition) is 2. The molecule has 2 N–H and O–H groups in total. The standard InChI is InChI=1S/C22H27N3O3S/c1-16-6-8-19(9-7-16)29(28)15-18(26)14-24-12-10-17(11-13-24)25-21-5-3-2-4-20(21)23-22(25)27/h2-9,17-18,26H,10-15H2,1H3,(H,23,27). The predicted octanol–water partition coefficient (Wildman–Crippen LogP) is 2.44. The van der Waals surface area contributed by atoms with Crippen molar-refractivity contribution in [2.75, 3.05) is 25.4 Å². The second kappa shape index (κ2) is 8.65. The molecule has 3 aromatic rings. The molecule has 0 aliphatic carbocycles. The van der Waals surface area contributed by atoms with Crippen LogP contribution in [0.5, 0.6) is 0 Å². The Bertz CT molecular complexity index is 1050. The third-order valence-electron chi connectivity index (χ3n) is 5.64. The molecule has 1 aliphatic rings. The van der Waals surface area contributed by atoms with E-state index >= 15 is 0 Å². The highest BCUT2D eigenvalue weighted by Gasteiger charge is 2.25. The lowest BCUT2D eigenvalue weighted by atomic mass is 10.0. The van der Waals surface area contributed by atoms with E-state index in [-0.39, 0.29) is 17.5 Å². The monoisotopic (exact) mass is 413 g/mol. The summed E-state index contributed by atoms with van der Waals surface area (Å²) in [5.74, 6) is 0.241. The number of benzene rings is 2. The molecule has 1 fully saturated rings. The Balaban J connectivity index is 1.32. The summed E-state index contributed by atoms with van der Waals surface area (Å²) in [7, 11) is -1.20. The number of β-amino-alcohol motifs (C(OH)–C–C–N with tert-alkyl or cyclic N) is 1. The number of fused-ring (bicyclic) bond motifs is 1. The van der Waals surface area contributed by atoms with Crippen molar-refractivity contribution in [3.63, 3.8) is 0 Å². The number of nitrogens with one attached hydrogen (secondary N) is 1. The van der Waals surface area contributed by atoms with Crippen molar-refractivity contribution in [2.24, 2.45) is 0 Å². The number of aryl methyl sites for hydroxylation is 1. The zero-order chi connectivity index (χ0) is 20.4.